The summed E-state index contributed by atoms with van der Waals surface area (Å²) in [4.78, 5) is 10.6. The lowest BCUT2D eigenvalue weighted by Gasteiger charge is -2.07. The van der Waals surface area contributed by atoms with Gasteiger partial charge in [0.2, 0.25) is 0 Å². The Kier molecular flexibility index (Phi) is 4.66. The molecule has 0 saturated heterocycles. The fraction of sp³-hybridized carbons (Fsp3) is 0.364. The van der Waals surface area contributed by atoms with Gasteiger partial charge in [0.1, 0.15) is 15.7 Å². The summed E-state index contributed by atoms with van der Waals surface area (Å²) in [6, 6.07) is 3.67. The molecule has 0 unspecified atom stereocenters. The molecule has 0 spiro atoms. The van der Waals surface area contributed by atoms with Crippen LogP contribution in [-0.2, 0) is 9.84 Å². The van der Waals surface area contributed by atoms with E-state index in [-0.39, 0.29) is 5.75 Å². The molecule has 0 aromatic heterocycles. The molecule has 18 heavy (non-hydrogen) atoms. The molecular weight excluding hydrogens is 261 g/mol. The zero-order chi connectivity index (χ0) is 13.8. The van der Waals surface area contributed by atoms with Gasteiger partial charge in [0.05, 0.1) is 11.3 Å². The zero-order valence-electron chi connectivity index (χ0n) is 9.81. The van der Waals surface area contributed by atoms with Crippen molar-refractivity contribution in [1.82, 2.24) is 0 Å². The molecule has 0 heterocycles. The molecule has 0 aliphatic carbocycles. The highest BCUT2D eigenvalue weighted by atomic mass is 32.2. The van der Waals surface area contributed by atoms with Crippen LogP contribution >= 0.6 is 0 Å². The van der Waals surface area contributed by atoms with Gasteiger partial charge in [-0.15, -0.1) is 0 Å². The highest BCUT2D eigenvalue weighted by Gasteiger charge is 2.10. The second kappa shape index (κ2) is 5.81. The molecule has 0 fully saturated rings. The lowest BCUT2D eigenvalue weighted by atomic mass is 10.2. The Hall–Kier alpha value is -1.63. The number of hydrogen-bond acceptors (Lipinski definition) is 4. The summed E-state index contributed by atoms with van der Waals surface area (Å²) in [5, 5.41) is 11.5. The number of nitrogens with one attached hydrogen (secondary N) is 1. The van der Waals surface area contributed by atoms with E-state index in [0.717, 1.165) is 18.4 Å². The first-order chi connectivity index (χ1) is 8.29. The van der Waals surface area contributed by atoms with Gasteiger partial charge in [0, 0.05) is 18.5 Å². The van der Waals surface area contributed by atoms with Gasteiger partial charge in [-0.2, -0.15) is 0 Å². The zero-order valence-corrected chi connectivity index (χ0v) is 10.6. The molecular formula is C11H14FNO4S. The van der Waals surface area contributed by atoms with Crippen molar-refractivity contribution >= 4 is 21.5 Å². The maximum absolute atomic E-state index is 13.3. The average Bonchev–Trinajstić information content (AvgIpc) is 2.22. The molecule has 1 aromatic carbocycles. The second-order valence-corrected chi connectivity index (χ2v) is 6.17. The van der Waals surface area contributed by atoms with Gasteiger partial charge in [-0.1, -0.05) is 0 Å². The van der Waals surface area contributed by atoms with Gasteiger partial charge in [-0.25, -0.2) is 17.6 Å². The van der Waals surface area contributed by atoms with E-state index in [2.05, 4.69) is 5.32 Å². The van der Waals surface area contributed by atoms with Gasteiger partial charge >= 0.3 is 5.97 Å². The molecule has 2 N–H and O–H groups in total. The third-order valence-corrected chi connectivity index (χ3v) is 3.25. The number of carboxylic acids is 1. The second-order valence-electron chi connectivity index (χ2n) is 3.91. The number of rotatable bonds is 6. The van der Waals surface area contributed by atoms with E-state index >= 15 is 0 Å². The highest BCUT2D eigenvalue weighted by Crippen LogP contribution is 2.14. The standard InChI is InChI=1S/C11H14FNO4S/c1-18(16,17)6-2-5-13-8-3-4-9(11(14)15)10(12)7-8/h3-4,7,13H,2,5-6H2,1H3,(H,14,15). The van der Waals surface area contributed by atoms with Crippen LogP contribution in [0.4, 0.5) is 10.1 Å². The van der Waals surface area contributed by atoms with Crippen LogP contribution in [0.5, 0.6) is 0 Å². The van der Waals surface area contributed by atoms with E-state index in [4.69, 9.17) is 5.11 Å². The van der Waals surface area contributed by atoms with Crippen molar-refractivity contribution in [2.24, 2.45) is 0 Å². The number of anilines is 1. The Morgan fingerprint density at radius 1 is 1.44 bits per heavy atom. The summed E-state index contributed by atoms with van der Waals surface area (Å²) in [7, 11) is -3.00. The van der Waals surface area contributed by atoms with Crippen molar-refractivity contribution in [1.29, 1.82) is 0 Å². The maximum Gasteiger partial charge on any atom is 0.338 e. The lowest BCUT2D eigenvalue weighted by molar-refractivity contribution is 0.0692. The van der Waals surface area contributed by atoms with Gasteiger partial charge in [-0.05, 0) is 24.6 Å². The minimum Gasteiger partial charge on any atom is -0.478 e. The molecule has 7 heteroatoms. The molecule has 1 rings (SSSR count). The molecule has 0 aliphatic heterocycles. The number of carbonyl (C=O) groups is 1. The Balaban J connectivity index is 2.54. The van der Waals surface area contributed by atoms with Gasteiger partial charge in [-0.3, -0.25) is 0 Å². The SMILES string of the molecule is CS(=O)(=O)CCCNc1ccc(C(=O)O)c(F)c1. The van der Waals surface area contributed by atoms with Crippen LogP contribution in [0.1, 0.15) is 16.8 Å². The fourth-order valence-corrected chi connectivity index (χ4v) is 2.03. The maximum atomic E-state index is 13.3. The largest absolute Gasteiger partial charge is 0.478 e. The lowest BCUT2D eigenvalue weighted by Crippen LogP contribution is -2.10. The van der Waals surface area contributed by atoms with Crippen LogP contribution in [0.15, 0.2) is 18.2 Å². The quantitative estimate of drug-likeness (QED) is 0.766. The molecule has 100 valence electrons. The Morgan fingerprint density at radius 2 is 2.11 bits per heavy atom. The van der Waals surface area contributed by atoms with Crippen molar-refractivity contribution in [3.05, 3.63) is 29.6 Å². The first-order valence-corrected chi connectivity index (χ1v) is 7.30. The number of hydrogen-bond donors (Lipinski definition) is 2. The number of halogens is 1. The molecule has 0 radical (unpaired) electrons. The molecule has 0 aliphatic rings. The van der Waals surface area contributed by atoms with Crippen LogP contribution < -0.4 is 5.32 Å². The fourth-order valence-electron chi connectivity index (χ4n) is 1.37. The van der Waals surface area contributed by atoms with E-state index in [0.29, 0.717) is 18.7 Å². The summed E-state index contributed by atoms with van der Waals surface area (Å²) in [5.41, 5.74) is 0.0303. The highest BCUT2D eigenvalue weighted by molar-refractivity contribution is 7.90. The predicted molar refractivity (Wildman–Crippen MR) is 66.2 cm³/mol. The van der Waals surface area contributed by atoms with Crippen LogP contribution in [0.3, 0.4) is 0 Å². The van der Waals surface area contributed by atoms with Crippen LogP contribution in [0, 0.1) is 5.82 Å². The van der Waals surface area contributed by atoms with Crippen LogP contribution in [-0.4, -0.2) is 38.0 Å². The molecule has 1 aromatic rings. The summed E-state index contributed by atoms with van der Waals surface area (Å²) >= 11 is 0. The smallest absolute Gasteiger partial charge is 0.338 e. The third-order valence-electron chi connectivity index (χ3n) is 2.22. The van der Waals surface area contributed by atoms with E-state index in [1.807, 2.05) is 0 Å². The minimum absolute atomic E-state index is 0.0513. The number of benzene rings is 1. The van der Waals surface area contributed by atoms with E-state index in [1.54, 1.807) is 0 Å². The van der Waals surface area contributed by atoms with Crippen LogP contribution in [0.25, 0.3) is 0 Å². The van der Waals surface area contributed by atoms with Gasteiger partial charge in [0.25, 0.3) is 0 Å². The van der Waals surface area contributed by atoms with E-state index in [9.17, 15) is 17.6 Å². The summed E-state index contributed by atoms with van der Waals surface area (Å²) in [5.74, 6) is -2.10. The summed E-state index contributed by atoms with van der Waals surface area (Å²) < 4.78 is 35.0. The summed E-state index contributed by atoms with van der Waals surface area (Å²) in [6.45, 7) is 0.374. The number of sulfone groups is 1. The number of aromatic carboxylic acids is 1. The van der Waals surface area contributed by atoms with Crippen LogP contribution in [0.2, 0.25) is 0 Å². The normalized spacial score (nSPS) is 11.2. The average molecular weight is 275 g/mol. The van der Waals surface area contributed by atoms with Crippen molar-refractivity contribution in [3.63, 3.8) is 0 Å². The van der Waals surface area contributed by atoms with Crippen molar-refractivity contribution < 1.29 is 22.7 Å². The topological polar surface area (TPSA) is 83.5 Å². The molecule has 0 amide bonds. The predicted octanol–water partition coefficient (Wildman–Crippen LogP) is 1.37. The monoisotopic (exact) mass is 275 g/mol. The Morgan fingerprint density at radius 3 is 2.61 bits per heavy atom. The van der Waals surface area contributed by atoms with Crippen molar-refractivity contribution in [2.75, 3.05) is 23.9 Å². The summed E-state index contributed by atoms with van der Waals surface area (Å²) in [6.07, 6.45) is 1.55. The minimum atomic E-state index is -3.00. The number of carboxylic acid groups (broad SMARTS) is 1. The van der Waals surface area contributed by atoms with E-state index < -0.39 is 27.2 Å². The first kappa shape index (κ1) is 14.4. The molecule has 0 atom stereocenters. The third kappa shape index (κ3) is 4.70. The van der Waals surface area contributed by atoms with Gasteiger partial charge < -0.3 is 10.4 Å². The molecule has 0 saturated carbocycles. The van der Waals surface area contributed by atoms with E-state index in [1.165, 1.54) is 6.07 Å². The van der Waals surface area contributed by atoms with Crippen molar-refractivity contribution in [3.8, 4) is 0 Å². The van der Waals surface area contributed by atoms with Gasteiger partial charge in [0.15, 0.2) is 0 Å². The molecule has 5 nitrogen and oxygen atoms in total. The molecule has 0 bridgehead atoms. The first-order valence-electron chi connectivity index (χ1n) is 5.24. The Labute approximate surface area is 105 Å². The Bertz CT molecular complexity index is 542. The van der Waals surface area contributed by atoms with Crippen molar-refractivity contribution in [2.45, 2.75) is 6.42 Å².